The van der Waals surface area contributed by atoms with Crippen molar-refractivity contribution in [3.63, 3.8) is 0 Å². The average Bonchev–Trinajstić information content (AvgIpc) is 3.88. The molecule has 67 heavy (non-hydrogen) atoms. The van der Waals surface area contributed by atoms with Crippen LogP contribution in [-0.2, 0) is 0 Å². The third-order valence-corrected chi connectivity index (χ3v) is 12.9. The second-order valence-corrected chi connectivity index (χ2v) is 18.2. The first-order chi connectivity index (χ1) is 33.6. The van der Waals surface area contributed by atoms with E-state index >= 15 is 4.39 Å². The first kappa shape index (κ1) is 39.6. The number of aromatic nitrogens is 2. The second kappa shape index (κ2) is 17.2. The Labute approximate surface area is 395 Å². The first-order valence-electron chi connectivity index (χ1n) is 24.2. The lowest BCUT2D eigenvalue weighted by atomic mass is 9.87. The summed E-state index contributed by atoms with van der Waals surface area (Å²) >= 11 is 0. The molecule has 1 aliphatic heterocycles. The van der Waals surface area contributed by atoms with Gasteiger partial charge >= 0.3 is 0 Å². The minimum Gasteiger partial charge on any atom is -0.457 e. The zero-order chi connectivity index (χ0) is 49.2. The molecule has 6 nitrogen and oxygen atoms in total. The summed E-state index contributed by atoms with van der Waals surface area (Å²) in [5, 5.41) is 12.3. The Morgan fingerprint density at radius 3 is 2.12 bits per heavy atom. The van der Waals surface area contributed by atoms with Crippen molar-refractivity contribution >= 4 is 44.6 Å². The smallest absolute Gasteiger partial charge is 0.137 e. The van der Waals surface area contributed by atoms with E-state index in [0.717, 1.165) is 73.1 Å². The Balaban J connectivity index is 1.17. The third kappa shape index (κ3) is 7.74. The fourth-order valence-electron chi connectivity index (χ4n) is 9.52. The van der Waals surface area contributed by atoms with Crippen molar-refractivity contribution in [2.45, 2.75) is 66.1 Å². The number of hydrogen-bond acceptors (Lipinski definition) is 5. The van der Waals surface area contributed by atoms with Crippen LogP contribution in [0.5, 0.6) is 11.5 Å². The molecule has 0 aliphatic carbocycles. The lowest BCUT2D eigenvalue weighted by Crippen LogP contribution is -2.26. The van der Waals surface area contributed by atoms with Gasteiger partial charge in [-0.2, -0.15) is 5.26 Å². The Morgan fingerprint density at radius 1 is 0.642 bits per heavy atom. The Morgan fingerprint density at radius 2 is 1.40 bits per heavy atom. The SMILES string of the molecule is [2H]C([2H])([2H])c1c(C#N)cccc1-c1cc(Oc2ccc3c4ccccc4n(-c4ccccn4)c3c2)cc(N2CN(c3c(C(C)C)cc(-c4ccc(F)cc4F)cc3C(C)C)c3cc(C(C)C)ccc32)c1. The molecule has 8 heteroatoms. The molecule has 7 aromatic carbocycles. The summed E-state index contributed by atoms with van der Waals surface area (Å²) in [6.45, 7) is 10.6. The highest BCUT2D eigenvalue weighted by molar-refractivity contribution is 6.09. The van der Waals surface area contributed by atoms with Gasteiger partial charge in [-0.1, -0.05) is 84.0 Å². The number of pyridine rings is 1. The number of hydrogen-bond donors (Lipinski definition) is 0. The number of fused-ring (bicyclic) bond motifs is 4. The summed E-state index contributed by atoms with van der Waals surface area (Å²) in [5.41, 5.74) is 10.7. The summed E-state index contributed by atoms with van der Waals surface area (Å²) < 4.78 is 64.6. The van der Waals surface area contributed by atoms with Crippen LogP contribution in [0.4, 0.5) is 31.5 Å². The molecule has 0 amide bonds. The number of rotatable bonds is 10. The van der Waals surface area contributed by atoms with Crippen LogP contribution >= 0.6 is 0 Å². The number of para-hydroxylation sites is 1. The molecule has 2 aromatic heterocycles. The van der Waals surface area contributed by atoms with Gasteiger partial charge in [-0.05, 0) is 148 Å². The Kier molecular flexibility index (Phi) is 10.2. The molecule has 0 bridgehead atoms. The van der Waals surface area contributed by atoms with Crippen LogP contribution in [0.1, 0.15) is 91.2 Å². The van der Waals surface area contributed by atoms with Crippen LogP contribution in [0.2, 0.25) is 0 Å². The quantitative estimate of drug-likeness (QED) is 0.137. The van der Waals surface area contributed by atoms with Gasteiger partial charge in [0, 0.05) is 56.2 Å². The summed E-state index contributed by atoms with van der Waals surface area (Å²) in [7, 11) is 0. The number of nitrogens with zero attached hydrogens (tertiary/aromatic N) is 5. The highest BCUT2D eigenvalue weighted by Gasteiger charge is 2.33. The average molecular weight is 887 g/mol. The standard InChI is InChI=1S/C59H51F2N5O/c1-35(2)39-18-23-55-57(29-39)65(59-51(36(3)4)27-42(28-52(59)37(5)6)48-21-19-43(60)30-53(48)61)34-64(55)44-25-41(47-15-12-13-40(33-62)38(47)7)26-46(31-44)67-45-20-22-50-49-14-8-9-16-54(49)66(56(50)32-45)58-17-10-11-24-63-58/h8-32,35-37H,34H2,1-7H3/i7D3. The molecular weight excluding hydrogens is 833 g/mol. The van der Waals surface area contributed by atoms with E-state index in [1.165, 1.54) is 18.2 Å². The van der Waals surface area contributed by atoms with Crippen molar-refractivity contribution in [3.05, 3.63) is 191 Å². The topological polar surface area (TPSA) is 57.3 Å². The van der Waals surface area contributed by atoms with Gasteiger partial charge < -0.3 is 14.5 Å². The fraction of sp³-hybridized carbons (Fsp3) is 0.186. The second-order valence-electron chi connectivity index (χ2n) is 18.2. The highest BCUT2D eigenvalue weighted by Crippen LogP contribution is 2.51. The monoisotopic (exact) mass is 886 g/mol. The van der Waals surface area contributed by atoms with Crippen molar-refractivity contribution in [2.24, 2.45) is 0 Å². The van der Waals surface area contributed by atoms with Crippen molar-refractivity contribution in [3.8, 4) is 45.6 Å². The minimum absolute atomic E-state index is 0.0181. The molecule has 0 saturated carbocycles. The molecular formula is C59H51F2N5O. The van der Waals surface area contributed by atoms with Crippen molar-refractivity contribution in [1.82, 2.24) is 9.55 Å². The van der Waals surface area contributed by atoms with Crippen LogP contribution in [0, 0.1) is 29.8 Å². The predicted molar refractivity (Wildman–Crippen MR) is 270 cm³/mol. The zero-order valence-electron chi connectivity index (χ0n) is 41.3. The van der Waals surface area contributed by atoms with E-state index < -0.39 is 18.5 Å². The molecule has 0 unspecified atom stereocenters. The van der Waals surface area contributed by atoms with Gasteiger partial charge in [-0.3, -0.25) is 4.57 Å². The van der Waals surface area contributed by atoms with E-state index in [9.17, 15) is 9.65 Å². The molecule has 0 radical (unpaired) electrons. The van der Waals surface area contributed by atoms with E-state index in [0.29, 0.717) is 40.4 Å². The molecule has 332 valence electrons. The van der Waals surface area contributed by atoms with Gasteiger partial charge in [0.05, 0.1) is 34.0 Å². The van der Waals surface area contributed by atoms with E-state index in [1.54, 1.807) is 18.3 Å². The van der Waals surface area contributed by atoms with Gasteiger partial charge in [-0.25, -0.2) is 13.8 Å². The normalized spacial score (nSPS) is 13.4. The van der Waals surface area contributed by atoms with Crippen LogP contribution in [-0.4, -0.2) is 16.2 Å². The van der Waals surface area contributed by atoms with Crippen LogP contribution < -0.4 is 14.5 Å². The molecule has 0 N–H and O–H groups in total. The maximum absolute atomic E-state index is 15.5. The number of nitriles is 1. The highest BCUT2D eigenvalue weighted by atomic mass is 19.1. The van der Waals surface area contributed by atoms with E-state index in [-0.39, 0.29) is 28.9 Å². The Hall–Kier alpha value is -7.76. The fourth-order valence-corrected chi connectivity index (χ4v) is 9.52. The summed E-state index contributed by atoms with van der Waals surface area (Å²) in [6.07, 6.45) is 1.77. The lowest BCUT2D eigenvalue weighted by molar-refractivity contribution is 0.483. The van der Waals surface area contributed by atoms with Crippen molar-refractivity contribution in [1.29, 1.82) is 5.26 Å². The zero-order valence-corrected chi connectivity index (χ0v) is 38.3. The number of benzene rings is 7. The Bertz CT molecular complexity index is 3510. The molecule has 9 aromatic rings. The number of anilines is 4. The molecule has 0 fully saturated rings. The van der Waals surface area contributed by atoms with Crippen LogP contribution in [0.3, 0.4) is 0 Å². The number of ether oxygens (including phenoxy) is 1. The summed E-state index contributed by atoms with van der Waals surface area (Å²) in [6, 6.07) is 47.3. The van der Waals surface area contributed by atoms with Crippen molar-refractivity contribution in [2.75, 3.05) is 16.5 Å². The van der Waals surface area contributed by atoms with E-state index in [1.807, 2.05) is 72.8 Å². The predicted octanol–water partition coefficient (Wildman–Crippen LogP) is 16.4. The molecule has 0 saturated heterocycles. The first-order valence-corrected chi connectivity index (χ1v) is 22.7. The third-order valence-electron chi connectivity index (χ3n) is 12.9. The number of halogens is 2. The molecule has 0 atom stereocenters. The summed E-state index contributed by atoms with van der Waals surface area (Å²) in [5.74, 6) is 0.796. The van der Waals surface area contributed by atoms with Gasteiger partial charge in [0.2, 0.25) is 0 Å². The maximum Gasteiger partial charge on any atom is 0.137 e. The minimum atomic E-state index is -2.60. The van der Waals surface area contributed by atoms with Gasteiger partial charge in [0.15, 0.2) is 0 Å². The maximum atomic E-state index is 15.5. The van der Waals surface area contributed by atoms with Crippen LogP contribution in [0.25, 0.3) is 49.9 Å². The molecule has 10 rings (SSSR count). The van der Waals surface area contributed by atoms with Crippen molar-refractivity contribution < 1.29 is 17.6 Å². The molecule has 0 spiro atoms. The lowest BCUT2D eigenvalue weighted by Gasteiger charge is -2.30. The molecule has 1 aliphatic rings. The van der Waals surface area contributed by atoms with Gasteiger partial charge in [0.1, 0.15) is 35.6 Å². The van der Waals surface area contributed by atoms with Gasteiger partial charge in [0.25, 0.3) is 0 Å². The van der Waals surface area contributed by atoms with E-state index in [4.69, 9.17) is 13.8 Å². The van der Waals surface area contributed by atoms with E-state index in [2.05, 4.69) is 98.4 Å². The van der Waals surface area contributed by atoms with Gasteiger partial charge in [-0.15, -0.1) is 0 Å². The molecule has 3 heterocycles. The summed E-state index contributed by atoms with van der Waals surface area (Å²) in [4.78, 5) is 9.25. The largest absolute Gasteiger partial charge is 0.457 e. The van der Waals surface area contributed by atoms with Crippen LogP contribution in [0.15, 0.2) is 152 Å².